The van der Waals surface area contributed by atoms with Crippen molar-refractivity contribution in [3.63, 3.8) is 0 Å². The van der Waals surface area contributed by atoms with Gasteiger partial charge in [-0.2, -0.15) is 35.3 Å². The van der Waals surface area contributed by atoms with Gasteiger partial charge in [0.2, 0.25) is 5.91 Å². The van der Waals surface area contributed by atoms with Crippen molar-refractivity contribution in [2.24, 2.45) is 0 Å². The van der Waals surface area contributed by atoms with Gasteiger partial charge in [-0.25, -0.2) is 0 Å². The maximum Gasteiger partial charge on any atom is 0.315 e. The van der Waals surface area contributed by atoms with E-state index in [1.54, 1.807) is 35.3 Å². The van der Waals surface area contributed by atoms with E-state index in [0.29, 0.717) is 17.3 Å². The molecular weight excluding hydrogens is 803 g/mol. The van der Waals surface area contributed by atoms with Crippen molar-refractivity contribution in [3.8, 4) is 0 Å². The van der Waals surface area contributed by atoms with Crippen molar-refractivity contribution in [1.82, 2.24) is 5.32 Å². The summed E-state index contributed by atoms with van der Waals surface area (Å²) in [4.78, 5) is 38.1. The lowest BCUT2D eigenvalue weighted by atomic mass is 10.1. The molecule has 0 saturated carbocycles. The number of unbranched alkanes of at least 4 members (excludes halogenated alkanes) is 33. The van der Waals surface area contributed by atoms with Crippen LogP contribution >= 0.6 is 35.3 Å². The molecule has 0 aromatic rings. The van der Waals surface area contributed by atoms with E-state index in [1.807, 2.05) is 0 Å². The van der Waals surface area contributed by atoms with Crippen molar-refractivity contribution in [1.29, 1.82) is 0 Å². The van der Waals surface area contributed by atoms with Gasteiger partial charge in [-0.1, -0.05) is 233 Å². The first kappa shape index (κ1) is 59.5. The lowest BCUT2D eigenvalue weighted by Gasteiger charge is -2.19. The molecule has 0 unspecified atom stereocenters. The van der Waals surface area contributed by atoms with Crippen LogP contribution < -0.4 is 5.32 Å². The van der Waals surface area contributed by atoms with Gasteiger partial charge in [0.05, 0.1) is 23.3 Å². The molecule has 0 aliphatic heterocycles. The minimum absolute atomic E-state index is 0.0203. The second kappa shape index (κ2) is 51.1. The van der Waals surface area contributed by atoms with Gasteiger partial charge in [-0.05, 0) is 36.5 Å². The number of nitrogens with one attached hydrogen (secondary N) is 1. The maximum atomic E-state index is 12.9. The maximum absolute atomic E-state index is 12.9. The molecule has 0 heterocycles. The van der Waals surface area contributed by atoms with Gasteiger partial charge in [0, 0.05) is 0 Å². The smallest absolute Gasteiger partial charge is 0.315 e. The molecule has 0 aliphatic rings. The third-order valence-electron chi connectivity index (χ3n) is 11.4. The third kappa shape index (κ3) is 48.5. The van der Waals surface area contributed by atoms with E-state index in [1.165, 1.54) is 212 Å². The highest BCUT2D eigenvalue weighted by molar-refractivity contribution is 8.00. The van der Waals surface area contributed by atoms with Crippen LogP contribution in [0.5, 0.6) is 0 Å². The van der Waals surface area contributed by atoms with Crippen molar-refractivity contribution < 1.29 is 23.9 Å². The van der Waals surface area contributed by atoms with Crippen LogP contribution in [0.1, 0.15) is 252 Å². The Balaban J connectivity index is 4.30. The number of thioether (sulfide) groups is 3. The largest absolute Gasteiger partial charge is 0.463 e. The zero-order valence-electron chi connectivity index (χ0n) is 40.0. The fourth-order valence-electron chi connectivity index (χ4n) is 7.48. The van der Waals surface area contributed by atoms with Gasteiger partial charge >= 0.3 is 11.9 Å². The van der Waals surface area contributed by atoms with Crippen LogP contribution in [0.4, 0.5) is 0 Å². The standard InChI is InChI=1S/C51H99NO5S3/c1-4-7-10-13-16-19-22-25-28-31-34-37-40-58-45-49(53)52-48(43-56-50(54)46-59-41-38-35-32-29-26-23-20-17-14-11-8-5-2)44-57-51(55)47-60-42-39-36-33-30-27-24-21-18-15-12-9-6-3/h48H,4-47H2,1-3H3,(H,52,53). The summed E-state index contributed by atoms with van der Waals surface area (Å²) in [7, 11) is 0. The summed E-state index contributed by atoms with van der Waals surface area (Å²) in [6, 6.07) is -0.541. The minimum atomic E-state index is -0.541. The Labute approximate surface area is 386 Å². The Morgan fingerprint density at radius 1 is 0.350 bits per heavy atom. The monoisotopic (exact) mass is 902 g/mol. The number of amides is 1. The predicted molar refractivity (Wildman–Crippen MR) is 269 cm³/mol. The van der Waals surface area contributed by atoms with Gasteiger partial charge < -0.3 is 14.8 Å². The Kier molecular flexibility index (Phi) is 50.6. The number of hydrogen-bond donors (Lipinski definition) is 1. The summed E-state index contributed by atoms with van der Waals surface area (Å²) in [5.41, 5.74) is 0. The Morgan fingerprint density at radius 3 is 0.850 bits per heavy atom. The molecule has 0 bridgehead atoms. The Morgan fingerprint density at radius 2 is 0.583 bits per heavy atom. The van der Waals surface area contributed by atoms with Crippen LogP contribution in [-0.2, 0) is 23.9 Å². The van der Waals surface area contributed by atoms with Gasteiger partial charge in [0.25, 0.3) is 0 Å². The molecule has 0 radical (unpaired) electrons. The second-order valence-corrected chi connectivity index (χ2v) is 20.8. The molecule has 0 aliphatic carbocycles. The number of carbonyl (C=O) groups is 3. The summed E-state index contributed by atoms with van der Waals surface area (Å²) in [5, 5.41) is 2.99. The molecule has 1 amide bonds. The molecular formula is C51H99NO5S3. The molecule has 0 rings (SSSR count). The predicted octanol–water partition coefficient (Wildman–Crippen LogP) is 15.9. The molecule has 0 fully saturated rings. The summed E-state index contributed by atoms with van der Waals surface area (Å²) < 4.78 is 11.2. The van der Waals surface area contributed by atoms with Crippen LogP contribution in [0, 0.1) is 0 Å². The fourth-order valence-corrected chi connectivity index (χ4v) is 9.91. The van der Waals surface area contributed by atoms with Crippen molar-refractivity contribution in [2.75, 3.05) is 47.7 Å². The lowest BCUT2D eigenvalue weighted by molar-refractivity contribution is -0.145. The number of rotatable bonds is 50. The average Bonchev–Trinajstić information content (AvgIpc) is 3.24. The van der Waals surface area contributed by atoms with Crippen LogP contribution in [0.3, 0.4) is 0 Å². The third-order valence-corrected chi connectivity index (χ3v) is 14.4. The molecule has 60 heavy (non-hydrogen) atoms. The fraction of sp³-hybridized carbons (Fsp3) is 0.941. The van der Waals surface area contributed by atoms with Crippen LogP contribution in [0.2, 0.25) is 0 Å². The molecule has 0 aromatic carbocycles. The molecule has 1 N–H and O–H groups in total. The van der Waals surface area contributed by atoms with E-state index in [0.717, 1.165) is 36.5 Å². The Bertz CT molecular complexity index is 862. The van der Waals surface area contributed by atoms with Crippen LogP contribution in [0.15, 0.2) is 0 Å². The summed E-state index contributed by atoms with van der Waals surface area (Å²) in [6.07, 6.45) is 47.7. The normalized spacial score (nSPS) is 11.4. The van der Waals surface area contributed by atoms with Crippen LogP contribution in [0.25, 0.3) is 0 Å². The quantitative estimate of drug-likeness (QED) is 0.0478. The van der Waals surface area contributed by atoms with Gasteiger partial charge in [-0.3, -0.25) is 14.4 Å². The van der Waals surface area contributed by atoms with Gasteiger partial charge in [0.1, 0.15) is 13.2 Å². The zero-order valence-corrected chi connectivity index (χ0v) is 42.4. The van der Waals surface area contributed by atoms with Crippen molar-refractivity contribution >= 4 is 53.1 Å². The van der Waals surface area contributed by atoms with Gasteiger partial charge in [-0.15, -0.1) is 0 Å². The molecule has 6 nitrogen and oxygen atoms in total. The topological polar surface area (TPSA) is 81.7 Å². The van der Waals surface area contributed by atoms with Crippen molar-refractivity contribution in [3.05, 3.63) is 0 Å². The highest BCUT2D eigenvalue weighted by Gasteiger charge is 2.18. The first-order valence-corrected chi connectivity index (χ1v) is 29.3. The number of ether oxygens (including phenoxy) is 2. The van der Waals surface area contributed by atoms with E-state index in [9.17, 15) is 14.4 Å². The van der Waals surface area contributed by atoms with Crippen LogP contribution in [-0.4, -0.2) is 71.6 Å². The molecule has 0 aromatic heterocycles. The lowest BCUT2D eigenvalue weighted by Crippen LogP contribution is -2.43. The van der Waals surface area contributed by atoms with E-state index in [4.69, 9.17) is 9.47 Å². The molecule has 0 saturated heterocycles. The zero-order chi connectivity index (χ0) is 43.7. The van der Waals surface area contributed by atoms with Gasteiger partial charge in [0.15, 0.2) is 0 Å². The number of carbonyl (C=O) groups excluding carboxylic acids is 3. The SMILES string of the molecule is CCCCCCCCCCCCCCSCC(=O)NC(COC(=O)CSCCCCCCCCCCCCCC)COC(=O)CSCCCCCCCCCCCCCC. The van der Waals surface area contributed by atoms with E-state index < -0.39 is 6.04 Å². The highest BCUT2D eigenvalue weighted by atomic mass is 32.2. The first-order chi connectivity index (χ1) is 29.5. The van der Waals surface area contributed by atoms with E-state index >= 15 is 0 Å². The molecule has 356 valence electrons. The first-order valence-electron chi connectivity index (χ1n) is 25.9. The average molecular weight is 903 g/mol. The van der Waals surface area contributed by atoms with E-state index in [-0.39, 0.29) is 31.1 Å². The molecule has 0 atom stereocenters. The Hall–Kier alpha value is -0.540. The van der Waals surface area contributed by atoms with E-state index in [2.05, 4.69) is 26.1 Å². The number of esters is 2. The minimum Gasteiger partial charge on any atom is -0.463 e. The second-order valence-electron chi connectivity index (χ2n) is 17.5. The summed E-state index contributed by atoms with van der Waals surface area (Å²) in [5.74, 6) is 3.21. The molecule has 0 spiro atoms. The molecule has 9 heteroatoms. The number of hydrogen-bond acceptors (Lipinski definition) is 8. The highest BCUT2D eigenvalue weighted by Crippen LogP contribution is 2.17. The summed E-state index contributed by atoms with van der Waals surface area (Å²) >= 11 is 4.90. The summed E-state index contributed by atoms with van der Waals surface area (Å²) in [6.45, 7) is 6.85. The van der Waals surface area contributed by atoms with Crippen molar-refractivity contribution in [2.45, 2.75) is 258 Å².